The molecule has 3 N–H and O–H groups in total. The molecule has 0 fully saturated rings. The molecule has 2 aromatic heterocycles. The minimum atomic E-state index is -0.286. The maximum absolute atomic E-state index is 11.9. The van der Waals surface area contributed by atoms with Crippen LogP contribution in [0.2, 0.25) is 0 Å². The zero-order valence-electron chi connectivity index (χ0n) is 9.34. The van der Waals surface area contributed by atoms with E-state index in [9.17, 15) is 4.79 Å². The molecule has 0 aliphatic carbocycles. The van der Waals surface area contributed by atoms with Gasteiger partial charge in [0.05, 0.1) is 0 Å². The van der Waals surface area contributed by atoms with Crippen LogP contribution in [0.5, 0.6) is 0 Å². The van der Waals surface area contributed by atoms with Crippen molar-refractivity contribution >= 4 is 17.3 Å². The van der Waals surface area contributed by atoms with Gasteiger partial charge in [-0.05, 0) is 30.7 Å². The summed E-state index contributed by atoms with van der Waals surface area (Å²) < 4.78 is 0. The van der Waals surface area contributed by atoms with E-state index >= 15 is 0 Å². The molecule has 0 saturated carbocycles. The summed E-state index contributed by atoms with van der Waals surface area (Å²) in [7, 11) is 0. The number of nitrogens with two attached hydrogens (primary N) is 1. The van der Waals surface area contributed by atoms with E-state index in [0.717, 1.165) is 5.56 Å². The Hall–Kier alpha value is -2.43. The van der Waals surface area contributed by atoms with E-state index in [-0.39, 0.29) is 5.91 Å². The summed E-state index contributed by atoms with van der Waals surface area (Å²) in [5.74, 6) is -0.286. The molecule has 2 heterocycles. The number of aromatic nitrogens is 2. The van der Waals surface area contributed by atoms with E-state index in [1.807, 2.05) is 6.92 Å². The topological polar surface area (TPSA) is 80.9 Å². The summed E-state index contributed by atoms with van der Waals surface area (Å²) in [4.78, 5) is 19.8. The number of nitrogens with one attached hydrogen (secondary N) is 1. The van der Waals surface area contributed by atoms with Crippen LogP contribution in [0.4, 0.5) is 11.4 Å². The lowest BCUT2D eigenvalue weighted by Gasteiger charge is -2.07. The molecule has 0 aliphatic heterocycles. The number of nitrogen functional groups attached to an aromatic ring is 1. The van der Waals surface area contributed by atoms with Gasteiger partial charge in [-0.25, -0.2) is 0 Å². The molecule has 86 valence electrons. The van der Waals surface area contributed by atoms with E-state index < -0.39 is 0 Å². The van der Waals surface area contributed by atoms with Gasteiger partial charge in [-0.1, -0.05) is 0 Å². The molecule has 0 saturated heterocycles. The molecular weight excluding hydrogens is 216 g/mol. The molecule has 0 atom stereocenters. The maximum atomic E-state index is 11.9. The summed E-state index contributed by atoms with van der Waals surface area (Å²) in [5, 5.41) is 2.76. The Kier molecular flexibility index (Phi) is 3.00. The molecule has 5 heteroatoms. The smallest absolute Gasteiger partial charge is 0.274 e. The van der Waals surface area contributed by atoms with E-state index in [0.29, 0.717) is 17.1 Å². The molecule has 17 heavy (non-hydrogen) atoms. The molecule has 2 rings (SSSR count). The van der Waals surface area contributed by atoms with Crippen molar-refractivity contribution < 1.29 is 4.79 Å². The van der Waals surface area contributed by atoms with Crippen LogP contribution in [0.3, 0.4) is 0 Å². The van der Waals surface area contributed by atoms with Crippen molar-refractivity contribution in [1.29, 1.82) is 0 Å². The minimum absolute atomic E-state index is 0.286. The first-order valence-corrected chi connectivity index (χ1v) is 5.10. The number of pyridine rings is 2. The van der Waals surface area contributed by atoms with Crippen molar-refractivity contribution in [3.05, 3.63) is 48.0 Å². The lowest BCUT2D eigenvalue weighted by atomic mass is 10.2. The second-order valence-electron chi connectivity index (χ2n) is 3.62. The maximum Gasteiger partial charge on any atom is 0.274 e. The van der Waals surface area contributed by atoms with Gasteiger partial charge in [0, 0.05) is 30.0 Å². The number of amides is 1. The van der Waals surface area contributed by atoms with Crippen molar-refractivity contribution in [2.45, 2.75) is 6.92 Å². The summed E-state index contributed by atoms with van der Waals surface area (Å²) in [6.07, 6.45) is 4.81. The third-order valence-corrected chi connectivity index (χ3v) is 2.29. The van der Waals surface area contributed by atoms with Gasteiger partial charge in [-0.2, -0.15) is 0 Å². The molecule has 1 amide bonds. The monoisotopic (exact) mass is 228 g/mol. The largest absolute Gasteiger partial charge is 0.399 e. The van der Waals surface area contributed by atoms with E-state index in [2.05, 4.69) is 15.3 Å². The molecule has 0 aliphatic rings. The fourth-order valence-corrected chi connectivity index (χ4v) is 1.37. The van der Waals surface area contributed by atoms with Crippen molar-refractivity contribution in [2.24, 2.45) is 0 Å². The van der Waals surface area contributed by atoms with Crippen LogP contribution in [0.25, 0.3) is 0 Å². The average Bonchev–Trinajstić information content (AvgIpc) is 2.32. The SMILES string of the molecule is Cc1cnccc1NC(=O)c1cc(N)ccn1. The molecule has 0 bridgehead atoms. The standard InChI is InChI=1S/C12H12N4O/c1-8-7-14-4-3-10(8)16-12(17)11-6-9(13)2-5-15-11/h2-7H,1H3,(H2,13,15)(H,14,16,17). The van der Waals surface area contributed by atoms with Gasteiger partial charge >= 0.3 is 0 Å². The zero-order chi connectivity index (χ0) is 12.3. The first kappa shape index (κ1) is 11.1. The third kappa shape index (κ3) is 2.57. The number of anilines is 2. The number of nitrogens with zero attached hydrogens (tertiary/aromatic N) is 2. The Morgan fingerprint density at radius 1 is 1.35 bits per heavy atom. The molecule has 0 aromatic carbocycles. The van der Waals surface area contributed by atoms with Gasteiger partial charge in [0.1, 0.15) is 5.69 Å². The van der Waals surface area contributed by atoms with Crippen LogP contribution in [0.1, 0.15) is 16.1 Å². The molecule has 2 aromatic rings. The second kappa shape index (κ2) is 4.61. The first-order chi connectivity index (χ1) is 8.16. The Morgan fingerprint density at radius 2 is 2.18 bits per heavy atom. The lowest BCUT2D eigenvalue weighted by Crippen LogP contribution is -2.14. The van der Waals surface area contributed by atoms with E-state index in [1.54, 1.807) is 24.5 Å². The minimum Gasteiger partial charge on any atom is -0.399 e. The fourth-order valence-electron chi connectivity index (χ4n) is 1.37. The van der Waals surface area contributed by atoms with Gasteiger partial charge in [-0.3, -0.25) is 14.8 Å². The Balaban J connectivity index is 2.20. The first-order valence-electron chi connectivity index (χ1n) is 5.10. The van der Waals surface area contributed by atoms with Crippen LogP contribution in [0.15, 0.2) is 36.8 Å². The number of aryl methyl sites for hydroxylation is 1. The van der Waals surface area contributed by atoms with E-state index in [4.69, 9.17) is 5.73 Å². The zero-order valence-corrected chi connectivity index (χ0v) is 9.34. The molecule has 0 radical (unpaired) electrons. The highest BCUT2D eigenvalue weighted by atomic mass is 16.1. The summed E-state index contributed by atoms with van der Waals surface area (Å²) in [6, 6.07) is 4.90. The summed E-state index contributed by atoms with van der Waals surface area (Å²) in [5.41, 5.74) is 8.00. The summed E-state index contributed by atoms with van der Waals surface area (Å²) in [6.45, 7) is 1.87. The highest BCUT2D eigenvalue weighted by Crippen LogP contribution is 2.13. The molecular formula is C12H12N4O. The average molecular weight is 228 g/mol. The number of hydrogen-bond donors (Lipinski definition) is 2. The van der Waals surface area contributed by atoms with Gasteiger partial charge in [0.2, 0.25) is 0 Å². The Labute approximate surface area is 98.7 Å². The quantitative estimate of drug-likeness (QED) is 0.818. The van der Waals surface area contributed by atoms with Crippen LogP contribution < -0.4 is 11.1 Å². The van der Waals surface area contributed by atoms with Crippen LogP contribution in [0, 0.1) is 6.92 Å². The fraction of sp³-hybridized carbons (Fsp3) is 0.0833. The molecule has 5 nitrogen and oxygen atoms in total. The van der Waals surface area contributed by atoms with Crippen LogP contribution in [-0.4, -0.2) is 15.9 Å². The highest BCUT2D eigenvalue weighted by molar-refractivity contribution is 6.03. The van der Waals surface area contributed by atoms with Crippen LogP contribution >= 0.6 is 0 Å². The van der Waals surface area contributed by atoms with Gasteiger partial charge < -0.3 is 11.1 Å². The predicted octanol–water partition coefficient (Wildman–Crippen LogP) is 1.62. The van der Waals surface area contributed by atoms with Gasteiger partial charge in [-0.15, -0.1) is 0 Å². The number of rotatable bonds is 2. The van der Waals surface area contributed by atoms with Crippen molar-refractivity contribution in [3.63, 3.8) is 0 Å². The highest BCUT2D eigenvalue weighted by Gasteiger charge is 2.08. The number of carbonyl (C=O) groups excluding carboxylic acids is 1. The van der Waals surface area contributed by atoms with Gasteiger partial charge in [0.15, 0.2) is 0 Å². The summed E-state index contributed by atoms with van der Waals surface area (Å²) >= 11 is 0. The second-order valence-corrected chi connectivity index (χ2v) is 3.62. The normalized spacial score (nSPS) is 9.94. The Bertz CT molecular complexity index is 554. The lowest BCUT2D eigenvalue weighted by molar-refractivity contribution is 0.102. The number of hydrogen-bond acceptors (Lipinski definition) is 4. The van der Waals surface area contributed by atoms with Crippen LogP contribution in [-0.2, 0) is 0 Å². The predicted molar refractivity (Wildman–Crippen MR) is 65.6 cm³/mol. The van der Waals surface area contributed by atoms with Gasteiger partial charge in [0.25, 0.3) is 5.91 Å². The van der Waals surface area contributed by atoms with Crippen molar-refractivity contribution in [2.75, 3.05) is 11.1 Å². The van der Waals surface area contributed by atoms with Crippen molar-refractivity contribution in [1.82, 2.24) is 9.97 Å². The third-order valence-electron chi connectivity index (χ3n) is 2.29. The van der Waals surface area contributed by atoms with E-state index in [1.165, 1.54) is 12.3 Å². The number of carbonyl (C=O) groups is 1. The molecule has 0 spiro atoms. The Morgan fingerprint density at radius 3 is 2.88 bits per heavy atom. The van der Waals surface area contributed by atoms with Crippen molar-refractivity contribution in [3.8, 4) is 0 Å². The molecule has 0 unspecified atom stereocenters.